The Labute approximate surface area is 209 Å². The van der Waals surface area contributed by atoms with Crippen molar-refractivity contribution in [2.24, 2.45) is 0 Å². The zero-order chi connectivity index (χ0) is 24.0. The summed E-state index contributed by atoms with van der Waals surface area (Å²) in [5.74, 6) is 0. The predicted molar refractivity (Wildman–Crippen MR) is 144 cm³/mol. The molecule has 1 aliphatic heterocycles. The van der Waals surface area contributed by atoms with Crippen molar-refractivity contribution in [3.8, 4) is 11.1 Å². The third-order valence-corrected chi connectivity index (χ3v) is 6.85. The van der Waals surface area contributed by atoms with Gasteiger partial charge in [0.25, 0.3) is 0 Å². The molecule has 7 heteroatoms. The van der Waals surface area contributed by atoms with Crippen LogP contribution in [0.2, 0.25) is 0 Å². The lowest BCUT2D eigenvalue weighted by Crippen LogP contribution is -2.35. The van der Waals surface area contributed by atoms with Gasteiger partial charge in [0, 0.05) is 47.4 Å². The van der Waals surface area contributed by atoms with Crippen LogP contribution in [0, 0.1) is 0 Å². The molecule has 0 unspecified atom stereocenters. The third-order valence-electron chi connectivity index (χ3n) is 6.12. The summed E-state index contributed by atoms with van der Waals surface area (Å²) < 4.78 is 5.43. The second-order valence-electron chi connectivity index (χ2n) is 8.44. The number of carbonyl (C=O) groups excluding carboxylic acids is 1. The number of anilines is 2. The molecule has 0 atom stereocenters. The van der Waals surface area contributed by atoms with Crippen LogP contribution >= 0.6 is 11.8 Å². The number of ether oxygens (including phenoxy) is 1. The summed E-state index contributed by atoms with van der Waals surface area (Å²) in [5, 5.41) is 8.00. The lowest BCUT2D eigenvalue weighted by molar-refractivity contribution is 0.0336. The quantitative estimate of drug-likeness (QED) is 0.324. The molecule has 1 fully saturated rings. The van der Waals surface area contributed by atoms with Gasteiger partial charge in [0.2, 0.25) is 0 Å². The van der Waals surface area contributed by atoms with Crippen LogP contribution in [0.3, 0.4) is 0 Å². The van der Waals surface area contributed by atoms with Crippen molar-refractivity contribution >= 4 is 39.9 Å². The minimum Gasteiger partial charge on any atom is -0.379 e. The van der Waals surface area contributed by atoms with Gasteiger partial charge in [-0.15, -0.1) is 11.8 Å². The van der Waals surface area contributed by atoms with Crippen LogP contribution in [0.4, 0.5) is 16.2 Å². The van der Waals surface area contributed by atoms with E-state index in [1.807, 2.05) is 67.0 Å². The molecular formula is C28H28N4O2S. The molecule has 0 spiro atoms. The third kappa shape index (κ3) is 5.65. The Morgan fingerprint density at radius 2 is 1.80 bits per heavy atom. The Morgan fingerprint density at radius 1 is 0.971 bits per heavy atom. The maximum atomic E-state index is 12.7. The molecule has 1 aliphatic rings. The number of rotatable bonds is 6. The number of nitrogens with one attached hydrogen (secondary N) is 2. The Bertz CT molecular complexity index is 1320. The normalized spacial score (nSPS) is 14.1. The van der Waals surface area contributed by atoms with Crippen molar-refractivity contribution in [1.82, 2.24) is 9.88 Å². The van der Waals surface area contributed by atoms with E-state index < -0.39 is 0 Å². The van der Waals surface area contributed by atoms with Crippen molar-refractivity contribution in [2.45, 2.75) is 11.4 Å². The van der Waals surface area contributed by atoms with Crippen molar-refractivity contribution in [2.75, 3.05) is 43.2 Å². The summed E-state index contributed by atoms with van der Waals surface area (Å²) in [6, 6.07) is 23.9. The predicted octanol–water partition coefficient (Wildman–Crippen LogP) is 6.10. The summed E-state index contributed by atoms with van der Waals surface area (Å²) in [6.07, 6.45) is 3.95. The van der Waals surface area contributed by atoms with Crippen LogP contribution in [-0.2, 0) is 11.3 Å². The van der Waals surface area contributed by atoms with Crippen LogP contribution in [0.1, 0.15) is 5.69 Å². The van der Waals surface area contributed by atoms with E-state index in [1.54, 1.807) is 11.8 Å². The topological polar surface area (TPSA) is 66.5 Å². The molecule has 35 heavy (non-hydrogen) atoms. The van der Waals surface area contributed by atoms with Crippen molar-refractivity contribution in [1.29, 1.82) is 0 Å². The number of benzene rings is 3. The highest BCUT2D eigenvalue weighted by atomic mass is 32.2. The van der Waals surface area contributed by atoms with Crippen molar-refractivity contribution in [3.63, 3.8) is 0 Å². The smallest absolute Gasteiger partial charge is 0.323 e. The second-order valence-corrected chi connectivity index (χ2v) is 9.32. The molecular weight excluding hydrogens is 456 g/mol. The molecule has 178 valence electrons. The minimum atomic E-state index is -0.268. The fraction of sp³-hybridized carbons (Fsp3) is 0.214. The van der Waals surface area contributed by atoms with Gasteiger partial charge in [0.1, 0.15) is 0 Å². The number of aromatic nitrogens is 1. The zero-order valence-corrected chi connectivity index (χ0v) is 20.5. The van der Waals surface area contributed by atoms with Gasteiger partial charge in [0.15, 0.2) is 0 Å². The van der Waals surface area contributed by atoms with Crippen molar-refractivity contribution < 1.29 is 9.53 Å². The van der Waals surface area contributed by atoms with Crippen LogP contribution in [0.15, 0.2) is 83.9 Å². The van der Waals surface area contributed by atoms with Gasteiger partial charge < -0.3 is 15.4 Å². The summed E-state index contributed by atoms with van der Waals surface area (Å²) in [5.41, 5.74) is 4.72. The van der Waals surface area contributed by atoms with E-state index in [0.29, 0.717) is 0 Å². The first-order chi connectivity index (χ1) is 17.2. The monoisotopic (exact) mass is 484 g/mol. The number of hydrogen-bond acceptors (Lipinski definition) is 5. The molecule has 0 saturated carbocycles. The maximum absolute atomic E-state index is 12.7. The standard InChI is InChI=1S/C28H28N4O2S/c1-35-23-6-4-5-21(17-23)30-28(33)31-27-12-11-24(25-7-2-3-8-26(25)27)20-9-10-22(29-18-20)19-32-13-15-34-16-14-32/h2-12,17-18H,13-16,19H2,1H3,(H2,30,31,33). The highest BCUT2D eigenvalue weighted by molar-refractivity contribution is 7.98. The van der Waals surface area contributed by atoms with Gasteiger partial charge >= 0.3 is 6.03 Å². The number of pyridine rings is 1. The molecule has 0 radical (unpaired) electrons. The Kier molecular flexibility index (Phi) is 7.28. The molecule has 0 aliphatic carbocycles. The molecule has 0 bridgehead atoms. The average molecular weight is 485 g/mol. The van der Waals surface area contributed by atoms with E-state index in [-0.39, 0.29) is 6.03 Å². The Morgan fingerprint density at radius 3 is 2.57 bits per heavy atom. The molecule has 3 aromatic carbocycles. The van der Waals surface area contributed by atoms with Gasteiger partial charge in [0.05, 0.1) is 24.6 Å². The Hall–Kier alpha value is -3.39. The van der Waals surface area contributed by atoms with E-state index in [4.69, 9.17) is 9.72 Å². The van der Waals surface area contributed by atoms with E-state index in [0.717, 1.165) is 76.7 Å². The Balaban J connectivity index is 1.35. The van der Waals surface area contributed by atoms with Gasteiger partial charge in [-0.25, -0.2) is 4.79 Å². The number of nitrogens with zero attached hydrogens (tertiary/aromatic N) is 2. The molecule has 2 heterocycles. The van der Waals surface area contributed by atoms with Crippen LogP contribution in [0.5, 0.6) is 0 Å². The van der Waals surface area contributed by atoms with Gasteiger partial charge in [-0.2, -0.15) is 0 Å². The second kappa shape index (κ2) is 10.9. The number of carbonyl (C=O) groups is 1. The number of morpholine rings is 1. The fourth-order valence-electron chi connectivity index (χ4n) is 4.31. The van der Waals surface area contributed by atoms with Crippen molar-refractivity contribution in [3.05, 3.63) is 84.7 Å². The first kappa shape index (κ1) is 23.4. The van der Waals surface area contributed by atoms with E-state index >= 15 is 0 Å². The van der Waals surface area contributed by atoms with Gasteiger partial charge in [-0.1, -0.05) is 42.5 Å². The molecule has 5 rings (SSSR count). The number of hydrogen-bond donors (Lipinski definition) is 2. The van der Waals surface area contributed by atoms with Crippen LogP contribution in [0.25, 0.3) is 21.9 Å². The SMILES string of the molecule is CSc1cccc(NC(=O)Nc2ccc(-c3ccc(CN4CCOCC4)nc3)c3ccccc23)c1. The average Bonchev–Trinajstić information content (AvgIpc) is 2.90. The first-order valence-corrected chi connectivity index (χ1v) is 12.9. The number of urea groups is 1. The number of fused-ring (bicyclic) bond motifs is 1. The van der Waals surface area contributed by atoms with Gasteiger partial charge in [-0.05, 0) is 47.5 Å². The molecule has 2 amide bonds. The van der Waals surface area contributed by atoms with Gasteiger partial charge in [-0.3, -0.25) is 9.88 Å². The summed E-state index contributed by atoms with van der Waals surface area (Å²) in [6.45, 7) is 4.29. The molecule has 1 aromatic heterocycles. The largest absolute Gasteiger partial charge is 0.379 e. The maximum Gasteiger partial charge on any atom is 0.323 e. The van der Waals surface area contributed by atoms with E-state index in [9.17, 15) is 4.79 Å². The summed E-state index contributed by atoms with van der Waals surface area (Å²) >= 11 is 1.64. The number of amides is 2. The first-order valence-electron chi connectivity index (χ1n) is 11.7. The fourth-order valence-corrected chi connectivity index (χ4v) is 4.77. The van der Waals surface area contributed by atoms with E-state index in [2.05, 4.69) is 33.7 Å². The molecule has 6 nitrogen and oxygen atoms in total. The number of thioether (sulfide) groups is 1. The molecule has 1 saturated heterocycles. The summed E-state index contributed by atoms with van der Waals surface area (Å²) in [4.78, 5) is 20.9. The lowest BCUT2D eigenvalue weighted by Gasteiger charge is -2.26. The lowest BCUT2D eigenvalue weighted by atomic mass is 9.98. The highest BCUT2D eigenvalue weighted by Gasteiger charge is 2.13. The van der Waals surface area contributed by atoms with Crippen LogP contribution < -0.4 is 10.6 Å². The summed E-state index contributed by atoms with van der Waals surface area (Å²) in [7, 11) is 0. The van der Waals surface area contributed by atoms with E-state index in [1.165, 1.54) is 0 Å². The van der Waals surface area contributed by atoms with Crippen LogP contribution in [-0.4, -0.2) is 48.5 Å². The molecule has 2 N–H and O–H groups in total. The minimum absolute atomic E-state index is 0.268. The zero-order valence-electron chi connectivity index (χ0n) is 19.7. The highest BCUT2D eigenvalue weighted by Crippen LogP contribution is 2.33. The molecule has 4 aromatic rings.